The average molecular weight is 280 g/mol. The number of hydrogen-bond acceptors (Lipinski definition) is 1. The number of nitrogens with one attached hydrogen (secondary N) is 2. The maximum Gasteiger partial charge on any atom is 0.0456 e. The van der Waals surface area contributed by atoms with Gasteiger partial charge in [-0.15, -0.1) is 0 Å². The van der Waals surface area contributed by atoms with Crippen molar-refractivity contribution in [2.75, 3.05) is 0 Å². The number of aromatic nitrogens is 1. The van der Waals surface area contributed by atoms with Crippen LogP contribution in [-0.2, 0) is 6.54 Å². The minimum absolute atomic E-state index is 0.464. The number of para-hydroxylation sites is 1. The molecule has 4 saturated carbocycles. The number of benzene rings is 1. The molecule has 4 bridgehead atoms. The van der Waals surface area contributed by atoms with Crippen LogP contribution in [0, 0.1) is 17.8 Å². The monoisotopic (exact) mass is 280 g/mol. The number of hydrogen-bond donors (Lipinski definition) is 2. The zero-order chi connectivity index (χ0) is 13.9. The van der Waals surface area contributed by atoms with Gasteiger partial charge >= 0.3 is 0 Å². The second-order valence-corrected chi connectivity index (χ2v) is 7.93. The summed E-state index contributed by atoms with van der Waals surface area (Å²) in [7, 11) is 0. The van der Waals surface area contributed by atoms with E-state index in [9.17, 15) is 0 Å². The Morgan fingerprint density at radius 3 is 2.33 bits per heavy atom. The molecular formula is C19H24N2. The first kappa shape index (κ1) is 12.3. The highest BCUT2D eigenvalue weighted by molar-refractivity contribution is 5.80. The minimum Gasteiger partial charge on any atom is -0.357 e. The third-order valence-electron chi connectivity index (χ3n) is 6.28. The van der Waals surface area contributed by atoms with Gasteiger partial charge in [-0.2, -0.15) is 0 Å². The first-order valence-corrected chi connectivity index (χ1v) is 8.60. The molecule has 0 radical (unpaired) electrons. The van der Waals surface area contributed by atoms with Crippen molar-refractivity contribution in [3.8, 4) is 0 Å². The summed E-state index contributed by atoms with van der Waals surface area (Å²) in [5.41, 5.74) is 3.07. The SMILES string of the molecule is c1ccc2[nH]c(CNC34CC5CC(CC(C5)C3)C4)cc2c1. The van der Waals surface area contributed by atoms with Gasteiger partial charge in [0.2, 0.25) is 0 Å². The second-order valence-electron chi connectivity index (χ2n) is 7.93. The lowest BCUT2D eigenvalue weighted by Crippen LogP contribution is -2.58. The maximum absolute atomic E-state index is 3.97. The van der Waals surface area contributed by atoms with Gasteiger partial charge in [-0.1, -0.05) is 18.2 Å². The van der Waals surface area contributed by atoms with Gasteiger partial charge in [0.05, 0.1) is 0 Å². The Hall–Kier alpha value is -1.28. The van der Waals surface area contributed by atoms with Gasteiger partial charge in [0, 0.05) is 23.3 Å². The summed E-state index contributed by atoms with van der Waals surface area (Å²) in [5, 5.41) is 5.31. The van der Waals surface area contributed by atoms with Gasteiger partial charge in [0.25, 0.3) is 0 Å². The van der Waals surface area contributed by atoms with Crippen LogP contribution >= 0.6 is 0 Å². The van der Waals surface area contributed by atoms with E-state index in [0.717, 1.165) is 24.3 Å². The minimum atomic E-state index is 0.464. The fourth-order valence-electron chi connectivity index (χ4n) is 5.84. The predicted octanol–water partition coefficient (Wildman–Crippen LogP) is 4.23. The predicted molar refractivity (Wildman–Crippen MR) is 86.0 cm³/mol. The van der Waals surface area contributed by atoms with E-state index in [4.69, 9.17) is 0 Å². The first-order valence-electron chi connectivity index (χ1n) is 8.60. The molecule has 0 unspecified atom stereocenters. The zero-order valence-electron chi connectivity index (χ0n) is 12.6. The van der Waals surface area contributed by atoms with Crippen molar-refractivity contribution in [2.45, 2.75) is 50.6 Å². The highest BCUT2D eigenvalue weighted by Gasteiger charge is 2.50. The van der Waals surface area contributed by atoms with Crippen molar-refractivity contribution < 1.29 is 0 Å². The topological polar surface area (TPSA) is 27.8 Å². The van der Waals surface area contributed by atoms with Crippen LogP contribution in [0.3, 0.4) is 0 Å². The van der Waals surface area contributed by atoms with Crippen LogP contribution in [0.2, 0.25) is 0 Å². The van der Waals surface area contributed by atoms with Crippen LogP contribution in [0.1, 0.15) is 44.2 Å². The van der Waals surface area contributed by atoms with Crippen molar-refractivity contribution in [3.05, 3.63) is 36.0 Å². The Bertz CT molecular complexity index is 601. The standard InChI is InChI=1S/C19H24N2/c1-2-4-18-16(3-1)8-17(21-18)12-20-19-9-13-5-14(10-19)7-15(6-13)11-19/h1-4,8,13-15,20-21H,5-7,9-12H2. The van der Waals surface area contributed by atoms with Gasteiger partial charge in [-0.05, 0) is 73.8 Å². The number of fused-ring (bicyclic) bond motifs is 1. The lowest BCUT2D eigenvalue weighted by atomic mass is 9.53. The van der Waals surface area contributed by atoms with Crippen molar-refractivity contribution in [2.24, 2.45) is 17.8 Å². The van der Waals surface area contributed by atoms with Gasteiger partial charge in [-0.3, -0.25) is 0 Å². The first-order chi connectivity index (χ1) is 10.3. The molecule has 4 fully saturated rings. The Labute approximate surface area is 126 Å². The van der Waals surface area contributed by atoms with Crippen molar-refractivity contribution in [1.82, 2.24) is 10.3 Å². The molecule has 0 spiro atoms. The molecule has 110 valence electrons. The smallest absolute Gasteiger partial charge is 0.0456 e. The van der Waals surface area contributed by atoms with E-state index in [1.807, 2.05) is 0 Å². The molecule has 0 atom stereocenters. The van der Waals surface area contributed by atoms with E-state index in [1.165, 1.54) is 55.1 Å². The van der Waals surface area contributed by atoms with Crippen LogP contribution in [0.25, 0.3) is 10.9 Å². The maximum atomic E-state index is 3.97. The molecule has 2 aromatic rings. The van der Waals surface area contributed by atoms with E-state index in [0.29, 0.717) is 5.54 Å². The Balaban J connectivity index is 1.35. The van der Waals surface area contributed by atoms with Gasteiger partial charge < -0.3 is 10.3 Å². The molecule has 2 N–H and O–H groups in total. The van der Waals surface area contributed by atoms with E-state index in [1.54, 1.807) is 0 Å². The summed E-state index contributed by atoms with van der Waals surface area (Å²) >= 11 is 0. The molecule has 2 nitrogen and oxygen atoms in total. The molecule has 4 aliphatic carbocycles. The van der Waals surface area contributed by atoms with Gasteiger partial charge in [0.15, 0.2) is 0 Å². The Morgan fingerprint density at radius 1 is 1.00 bits per heavy atom. The lowest BCUT2D eigenvalue weighted by Gasteiger charge is -2.57. The number of H-pyrrole nitrogens is 1. The second kappa shape index (κ2) is 4.36. The van der Waals surface area contributed by atoms with E-state index in [-0.39, 0.29) is 0 Å². The normalized spacial score (nSPS) is 37.4. The summed E-state index contributed by atoms with van der Waals surface area (Å²) in [6.45, 7) is 1.00. The third-order valence-corrected chi connectivity index (χ3v) is 6.28. The Morgan fingerprint density at radius 2 is 1.67 bits per heavy atom. The molecule has 0 aliphatic heterocycles. The summed E-state index contributed by atoms with van der Waals surface area (Å²) in [5.74, 6) is 3.06. The summed E-state index contributed by atoms with van der Waals surface area (Å²) in [4.78, 5) is 3.57. The fraction of sp³-hybridized carbons (Fsp3) is 0.579. The van der Waals surface area contributed by atoms with Crippen LogP contribution in [0.5, 0.6) is 0 Å². The third kappa shape index (κ3) is 2.03. The summed E-state index contributed by atoms with van der Waals surface area (Å²) in [6.07, 6.45) is 8.85. The molecule has 1 aromatic heterocycles. The van der Waals surface area contributed by atoms with Gasteiger partial charge in [-0.25, -0.2) is 0 Å². The van der Waals surface area contributed by atoms with Gasteiger partial charge in [0.1, 0.15) is 0 Å². The van der Waals surface area contributed by atoms with Crippen LogP contribution in [0.15, 0.2) is 30.3 Å². The molecule has 1 heterocycles. The zero-order valence-corrected chi connectivity index (χ0v) is 12.6. The molecule has 2 heteroatoms. The molecule has 0 amide bonds. The van der Waals surface area contributed by atoms with E-state index in [2.05, 4.69) is 40.6 Å². The summed E-state index contributed by atoms with van der Waals surface area (Å²) < 4.78 is 0. The van der Waals surface area contributed by atoms with Crippen molar-refractivity contribution >= 4 is 10.9 Å². The van der Waals surface area contributed by atoms with Crippen molar-refractivity contribution in [1.29, 1.82) is 0 Å². The molecule has 6 rings (SSSR count). The lowest BCUT2D eigenvalue weighted by molar-refractivity contribution is -0.0207. The molecule has 0 saturated heterocycles. The Kier molecular flexibility index (Phi) is 2.55. The molecule has 21 heavy (non-hydrogen) atoms. The molecule has 1 aromatic carbocycles. The van der Waals surface area contributed by atoms with Crippen LogP contribution in [0.4, 0.5) is 0 Å². The average Bonchev–Trinajstić information content (AvgIpc) is 2.87. The quantitative estimate of drug-likeness (QED) is 0.865. The van der Waals surface area contributed by atoms with Crippen LogP contribution in [-0.4, -0.2) is 10.5 Å². The van der Waals surface area contributed by atoms with Crippen molar-refractivity contribution in [3.63, 3.8) is 0 Å². The highest BCUT2D eigenvalue weighted by Crippen LogP contribution is 2.55. The molecular weight excluding hydrogens is 256 g/mol. The largest absolute Gasteiger partial charge is 0.357 e. The highest BCUT2D eigenvalue weighted by atomic mass is 15.0. The number of aromatic amines is 1. The molecule has 4 aliphatic rings. The van der Waals surface area contributed by atoms with E-state index >= 15 is 0 Å². The van der Waals surface area contributed by atoms with Crippen LogP contribution < -0.4 is 5.32 Å². The fourth-order valence-corrected chi connectivity index (χ4v) is 5.84. The van der Waals surface area contributed by atoms with E-state index < -0.39 is 0 Å². The summed E-state index contributed by atoms with van der Waals surface area (Å²) in [6, 6.07) is 10.9. The number of rotatable bonds is 3.